The van der Waals surface area contributed by atoms with Crippen molar-refractivity contribution >= 4 is 0 Å². The summed E-state index contributed by atoms with van der Waals surface area (Å²) < 4.78 is 11.1. The minimum atomic E-state index is 0.111. The topological polar surface area (TPSA) is 44.5 Å². The van der Waals surface area contributed by atoms with E-state index in [2.05, 4.69) is 6.07 Å². The zero-order valence-electron chi connectivity index (χ0n) is 12.0. The molecular formula is C17H21NO2. The molecule has 2 N–H and O–H groups in total. The summed E-state index contributed by atoms with van der Waals surface area (Å²) in [7, 11) is 1.69. The van der Waals surface area contributed by atoms with Crippen LogP contribution in [-0.2, 0) is 17.8 Å². The molecule has 0 aliphatic rings. The Balaban J connectivity index is 2.19. The van der Waals surface area contributed by atoms with Gasteiger partial charge in [-0.1, -0.05) is 30.3 Å². The number of nitrogens with two attached hydrogens (primary N) is 1. The van der Waals surface area contributed by atoms with Crippen molar-refractivity contribution in [1.82, 2.24) is 0 Å². The summed E-state index contributed by atoms with van der Waals surface area (Å²) in [5.41, 5.74) is 8.10. The number of ether oxygens (including phenoxy) is 2. The first kappa shape index (κ1) is 14.6. The largest absolute Gasteiger partial charge is 0.457 e. The minimum Gasteiger partial charge on any atom is -0.457 e. The van der Waals surface area contributed by atoms with Gasteiger partial charge in [0.25, 0.3) is 0 Å². The third-order valence-electron chi connectivity index (χ3n) is 2.95. The van der Waals surface area contributed by atoms with Gasteiger partial charge >= 0.3 is 0 Å². The van der Waals surface area contributed by atoms with Crippen molar-refractivity contribution in [2.24, 2.45) is 5.73 Å². The minimum absolute atomic E-state index is 0.111. The highest BCUT2D eigenvalue weighted by Gasteiger charge is 2.07. The first-order chi connectivity index (χ1) is 9.69. The second kappa shape index (κ2) is 7.08. The lowest BCUT2D eigenvalue weighted by atomic mass is 10.1. The molecule has 20 heavy (non-hydrogen) atoms. The maximum Gasteiger partial charge on any atom is 0.130 e. The van der Waals surface area contributed by atoms with Crippen LogP contribution in [0.15, 0.2) is 48.5 Å². The third-order valence-corrected chi connectivity index (χ3v) is 2.95. The van der Waals surface area contributed by atoms with Crippen LogP contribution < -0.4 is 10.5 Å². The van der Waals surface area contributed by atoms with Gasteiger partial charge in [-0.3, -0.25) is 0 Å². The molecule has 2 rings (SSSR count). The van der Waals surface area contributed by atoms with Crippen molar-refractivity contribution in [2.45, 2.75) is 26.0 Å². The van der Waals surface area contributed by atoms with Crippen LogP contribution in [0.4, 0.5) is 0 Å². The molecular weight excluding hydrogens is 250 g/mol. The van der Waals surface area contributed by atoms with Gasteiger partial charge in [0.05, 0.1) is 6.61 Å². The summed E-state index contributed by atoms with van der Waals surface area (Å²) in [5, 5.41) is 0. The van der Waals surface area contributed by atoms with E-state index in [1.807, 2.05) is 49.4 Å². The summed E-state index contributed by atoms with van der Waals surface area (Å²) in [6.45, 7) is 2.58. The Labute approximate surface area is 120 Å². The van der Waals surface area contributed by atoms with Gasteiger partial charge in [0, 0.05) is 13.2 Å². The molecule has 1 unspecified atom stereocenters. The zero-order valence-corrected chi connectivity index (χ0v) is 12.0. The number of methoxy groups -OCH3 is 1. The van der Waals surface area contributed by atoms with Gasteiger partial charge in [-0.05, 0) is 42.7 Å². The average molecular weight is 271 g/mol. The summed E-state index contributed by atoms with van der Waals surface area (Å²) in [6, 6.07) is 16.0. The number of benzene rings is 2. The molecule has 0 bridgehead atoms. The van der Waals surface area contributed by atoms with Gasteiger partial charge in [0.2, 0.25) is 0 Å². The normalized spacial score (nSPS) is 12.2. The Morgan fingerprint density at radius 3 is 2.65 bits per heavy atom. The number of hydrogen-bond donors (Lipinski definition) is 1. The van der Waals surface area contributed by atoms with Crippen LogP contribution in [-0.4, -0.2) is 13.2 Å². The molecule has 0 aliphatic carbocycles. The molecule has 106 valence electrons. The summed E-state index contributed by atoms with van der Waals surface area (Å²) >= 11 is 0. The average Bonchev–Trinajstić information content (AvgIpc) is 2.41. The molecule has 3 nitrogen and oxygen atoms in total. The summed E-state index contributed by atoms with van der Waals surface area (Å²) in [6.07, 6.45) is 0.800. The number of para-hydroxylation sites is 1. The highest BCUT2D eigenvalue weighted by molar-refractivity contribution is 5.39. The van der Waals surface area contributed by atoms with E-state index in [1.165, 1.54) is 0 Å². The van der Waals surface area contributed by atoms with Gasteiger partial charge in [0.15, 0.2) is 0 Å². The lowest BCUT2D eigenvalue weighted by Crippen LogP contribution is -2.18. The van der Waals surface area contributed by atoms with E-state index in [0.717, 1.165) is 29.0 Å². The van der Waals surface area contributed by atoms with Crippen molar-refractivity contribution < 1.29 is 9.47 Å². The van der Waals surface area contributed by atoms with Crippen LogP contribution >= 0.6 is 0 Å². The summed E-state index contributed by atoms with van der Waals surface area (Å²) in [4.78, 5) is 0. The molecule has 0 spiro atoms. The second-order valence-electron chi connectivity index (χ2n) is 4.97. The number of hydrogen-bond acceptors (Lipinski definition) is 3. The molecule has 0 saturated heterocycles. The van der Waals surface area contributed by atoms with Crippen molar-refractivity contribution in [3.8, 4) is 11.5 Å². The third kappa shape index (κ3) is 4.08. The van der Waals surface area contributed by atoms with Gasteiger partial charge in [-0.15, -0.1) is 0 Å². The lowest BCUT2D eigenvalue weighted by molar-refractivity contribution is 0.184. The Hall–Kier alpha value is -1.84. The van der Waals surface area contributed by atoms with E-state index < -0.39 is 0 Å². The van der Waals surface area contributed by atoms with E-state index in [-0.39, 0.29) is 6.04 Å². The predicted octanol–water partition coefficient (Wildman–Crippen LogP) is 3.52. The maximum absolute atomic E-state index is 5.99. The van der Waals surface area contributed by atoms with Crippen LogP contribution in [0.5, 0.6) is 11.5 Å². The fraction of sp³-hybridized carbons (Fsp3) is 0.294. The predicted molar refractivity (Wildman–Crippen MR) is 81.0 cm³/mol. The fourth-order valence-electron chi connectivity index (χ4n) is 2.11. The zero-order chi connectivity index (χ0) is 14.4. The lowest BCUT2D eigenvalue weighted by Gasteiger charge is -2.13. The Bertz CT molecular complexity index is 552. The molecule has 0 aliphatic heterocycles. The van der Waals surface area contributed by atoms with Crippen LogP contribution in [0.2, 0.25) is 0 Å². The molecule has 0 fully saturated rings. The monoisotopic (exact) mass is 271 g/mol. The maximum atomic E-state index is 5.99. The standard InChI is InChI=1S/C17H21NO2/c1-13(18)10-15-7-3-4-9-17(15)20-16-8-5-6-14(11-16)12-19-2/h3-9,11,13H,10,12,18H2,1-2H3. The summed E-state index contributed by atoms with van der Waals surface area (Å²) in [5.74, 6) is 1.68. The van der Waals surface area contributed by atoms with E-state index in [0.29, 0.717) is 6.61 Å². The SMILES string of the molecule is COCc1cccc(Oc2ccccc2CC(C)N)c1. The van der Waals surface area contributed by atoms with Crippen molar-refractivity contribution in [1.29, 1.82) is 0 Å². The van der Waals surface area contributed by atoms with E-state index in [9.17, 15) is 0 Å². The first-order valence-electron chi connectivity index (χ1n) is 6.78. The first-order valence-corrected chi connectivity index (χ1v) is 6.78. The molecule has 3 heteroatoms. The van der Waals surface area contributed by atoms with Gasteiger partial charge in [0.1, 0.15) is 11.5 Å². The molecule has 0 aromatic heterocycles. The molecule has 2 aromatic rings. The Morgan fingerprint density at radius 1 is 1.10 bits per heavy atom. The van der Waals surface area contributed by atoms with Crippen LogP contribution in [0.25, 0.3) is 0 Å². The highest BCUT2D eigenvalue weighted by atomic mass is 16.5. The molecule has 0 radical (unpaired) electrons. The van der Waals surface area contributed by atoms with Gasteiger partial charge in [-0.2, -0.15) is 0 Å². The van der Waals surface area contributed by atoms with Crippen molar-refractivity contribution in [2.75, 3.05) is 7.11 Å². The molecule has 0 saturated carbocycles. The van der Waals surface area contributed by atoms with Crippen LogP contribution in [0.3, 0.4) is 0 Å². The van der Waals surface area contributed by atoms with Crippen molar-refractivity contribution in [3.05, 3.63) is 59.7 Å². The molecule has 1 atom stereocenters. The Morgan fingerprint density at radius 2 is 1.90 bits per heavy atom. The molecule has 0 amide bonds. The quantitative estimate of drug-likeness (QED) is 0.874. The smallest absolute Gasteiger partial charge is 0.130 e. The van der Waals surface area contributed by atoms with Crippen molar-refractivity contribution in [3.63, 3.8) is 0 Å². The number of rotatable bonds is 6. The van der Waals surface area contributed by atoms with E-state index >= 15 is 0 Å². The van der Waals surface area contributed by atoms with Crippen LogP contribution in [0.1, 0.15) is 18.1 Å². The van der Waals surface area contributed by atoms with Crippen LogP contribution in [0, 0.1) is 0 Å². The van der Waals surface area contributed by atoms with E-state index in [1.54, 1.807) is 7.11 Å². The van der Waals surface area contributed by atoms with E-state index in [4.69, 9.17) is 15.2 Å². The second-order valence-corrected chi connectivity index (χ2v) is 4.97. The highest BCUT2D eigenvalue weighted by Crippen LogP contribution is 2.26. The van der Waals surface area contributed by atoms with Gasteiger partial charge < -0.3 is 15.2 Å². The Kier molecular flexibility index (Phi) is 5.16. The van der Waals surface area contributed by atoms with Gasteiger partial charge in [-0.25, -0.2) is 0 Å². The fourth-order valence-corrected chi connectivity index (χ4v) is 2.11. The molecule has 0 heterocycles. The molecule has 2 aromatic carbocycles.